The number of benzene rings is 2. The topological polar surface area (TPSA) is 72.2 Å². The lowest BCUT2D eigenvalue weighted by atomic mass is 10.2. The third kappa shape index (κ3) is 4.29. The Kier molecular flexibility index (Phi) is 5.33. The molecule has 0 bridgehead atoms. The Bertz CT molecular complexity index is 750. The van der Waals surface area contributed by atoms with Gasteiger partial charge < -0.3 is 5.32 Å². The fourth-order valence-corrected chi connectivity index (χ4v) is 2.88. The van der Waals surface area contributed by atoms with Crippen molar-refractivity contribution < 1.29 is 14.1 Å². The first-order valence-electron chi connectivity index (χ1n) is 6.89. The van der Waals surface area contributed by atoms with E-state index < -0.39 is 16.6 Å². The predicted octanol–water partition coefficient (Wildman–Crippen LogP) is 4.49. The maximum atomic E-state index is 13.8. The van der Waals surface area contributed by atoms with E-state index in [9.17, 15) is 19.3 Å². The molecule has 0 aromatic heterocycles. The van der Waals surface area contributed by atoms with Gasteiger partial charge in [0.2, 0.25) is 0 Å². The normalized spacial score (nSPS) is 10.6. The number of nitrogens with one attached hydrogen (secondary N) is 1. The lowest BCUT2D eigenvalue weighted by Gasteiger charge is -2.12. The first-order chi connectivity index (χ1) is 10.9. The molecular formula is C16H15FN2O3S. The summed E-state index contributed by atoms with van der Waals surface area (Å²) >= 11 is 1.51. The van der Waals surface area contributed by atoms with Gasteiger partial charge in [0.25, 0.3) is 11.6 Å². The van der Waals surface area contributed by atoms with E-state index in [-0.39, 0.29) is 16.6 Å². The minimum atomic E-state index is -0.724. The molecule has 0 aliphatic heterocycles. The van der Waals surface area contributed by atoms with Gasteiger partial charge in [-0.25, -0.2) is 4.39 Å². The smallest absolute Gasteiger partial charge is 0.271 e. The fraction of sp³-hybridized carbons (Fsp3) is 0.188. The van der Waals surface area contributed by atoms with Crippen molar-refractivity contribution in [1.82, 2.24) is 0 Å². The highest BCUT2D eigenvalue weighted by molar-refractivity contribution is 8.00. The van der Waals surface area contributed by atoms with Gasteiger partial charge in [0, 0.05) is 22.3 Å². The molecule has 1 amide bonds. The Morgan fingerprint density at radius 1 is 1.26 bits per heavy atom. The third-order valence-corrected chi connectivity index (χ3v) is 3.98. The molecule has 120 valence electrons. The summed E-state index contributed by atoms with van der Waals surface area (Å²) in [4.78, 5) is 23.3. The molecule has 5 nitrogen and oxygen atoms in total. The van der Waals surface area contributed by atoms with Crippen LogP contribution in [0.5, 0.6) is 0 Å². The molecule has 23 heavy (non-hydrogen) atoms. The number of rotatable bonds is 5. The predicted molar refractivity (Wildman–Crippen MR) is 88.4 cm³/mol. The fourth-order valence-electron chi connectivity index (χ4n) is 1.92. The molecule has 0 saturated carbocycles. The quantitative estimate of drug-likeness (QED) is 0.497. The van der Waals surface area contributed by atoms with Crippen LogP contribution in [0.2, 0.25) is 0 Å². The first kappa shape index (κ1) is 17.0. The minimum Gasteiger partial charge on any atom is -0.319 e. The van der Waals surface area contributed by atoms with Crippen molar-refractivity contribution in [3.8, 4) is 0 Å². The summed E-state index contributed by atoms with van der Waals surface area (Å²) in [6, 6.07) is 9.98. The highest BCUT2D eigenvalue weighted by Crippen LogP contribution is 2.28. The maximum Gasteiger partial charge on any atom is 0.271 e. The highest BCUT2D eigenvalue weighted by Gasteiger charge is 2.16. The zero-order valence-electron chi connectivity index (χ0n) is 12.6. The van der Waals surface area contributed by atoms with Gasteiger partial charge in [-0.1, -0.05) is 26.0 Å². The van der Waals surface area contributed by atoms with Crippen molar-refractivity contribution in [1.29, 1.82) is 0 Å². The Hall–Kier alpha value is -2.41. The van der Waals surface area contributed by atoms with Crippen LogP contribution in [0.25, 0.3) is 0 Å². The molecule has 2 aromatic rings. The van der Waals surface area contributed by atoms with Crippen molar-refractivity contribution in [3.05, 3.63) is 64.0 Å². The number of halogens is 1. The van der Waals surface area contributed by atoms with Crippen LogP contribution < -0.4 is 5.32 Å². The van der Waals surface area contributed by atoms with E-state index in [0.29, 0.717) is 5.56 Å². The van der Waals surface area contributed by atoms with Crippen molar-refractivity contribution in [2.75, 3.05) is 5.32 Å². The van der Waals surface area contributed by atoms with Crippen LogP contribution in [0, 0.1) is 15.9 Å². The molecule has 0 aliphatic rings. The molecule has 2 rings (SSSR count). The summed E-state index contributed by atoms with van der Waals surface area (Å²) < 4.78 is 13.8. The zero-order valence-corrected chi connectivity index (χ0v) is 13.4. The van der Waals surface area contributed by atoms with E-state index in [4.69, 9.17) is 0 Å². The summed E-state index contributed by atoms with van der Waals surface area (Å²) in [6.45, 7) is 4.00. The molecule has 0 unspecified atom stereocenters. The molecule has 0 radical (unpaired) electrons. The number of hydrogen-bond acceptors (Lipinski definition) is 4. The number of thioether (sulfide) groups is 1. The van der Waals surface area contributed by atoms with Crippen LogP contribution in [0.1, 0.15) is 24.2 Å². The molecule has 0 aliphatic carbocycles. The van der Waals surface area contributed by atoms with Gasteiger partial charge in [0.15, 0.2) is 0 Å². The number of amides is 1. The van der Waals surface area contributed by atoms with Gasteiger partial charge in [-0.15, -0.1) is 11.8 Å². The van der Waals surface area contributed by atoms with Gasteiger partial charge in [-0.05, 0) is 18.2 Å². The Labute approximate surface area is 137 Å². The van der Waals surface area contributed by atoms with Crippen LogP contribution in [-0.2, 0) is 0 Å². The lowest BCUT2D eigenvalue weighted by molar-refractivity contribution is -0.384. The molecule has 0 spiro atoms. The average molecular weight is 334 g/mol. The SMILES string of the molecule is CC(C)Sc1ccccc1C(=O)Nc1cc([N+](=O)[O-])ccc1F. The second kappa shape index (κ2) is 7.23. The maximum absolute atomic E-state index is 13.8. The number of anilines is 1. The second-order valence-corrected chi connectivity index (χ2v) is 6.66. The van der Waals surface area contributed by atoms with E-state index >= 15 is 0 Å². The monoisotopic (exact) mass is 334 g/mol. The van der Waals surface area contributed by atoms with Crippen LogP contribution in [0.15, 0.2) is 47.4 Å². The number of nitro benzene ring substituents is 1. The van der Waals surface area contributed by atoms with E-state index in [1.807, 2.05) is 26.0 Å². The number of hydrogen-bond donors (Lipinski definition) is 1. The van der Waals surface area contributed by atoms with Gasteiger partial charge in [-0.3, -0.25) is 14.9 Å². The number of nitrogens with zero attached hydrogens (tertiary/aromatic N) is 1. The third-order valence-electron chi connectivity index (χ3n) is 2.90. The molecule has 2 aromatic carbocycles. The van der Waals surface area contributed by atoms with Crippen LogP contribution in [0.4, 0.5) is 15.8 Å². The number of nitro groups is 1. The van der Waals surface area contributed by atoms with E-state index in [1.54, 1.807) is 12.1 Å². The summed E-state index contributed by atoms with van der Waals surface area (Å²) in [5.41, 5.74) is -0.0998. The standard InChI is InChI=1S/C16H15FN2O3S/c1-10(2)23-15-6-4-3-5-12(15)16(20)18-14-9-11(19(21)22)7-8-13(14)17/h3-10H,1-2H3,(H,18,20). The van der Waals surface area contributed by atoms with Crippen LogP contribution in [-0.4, -0.2) is 16.1 Å². The Balaban J connectivity index is 2.29. The highest BCUT2D eigenvalue weighted by atomic mass is 32.2. The summed E-state index contributed by atoms with van der Waals surface area (Å²) in [5, 5.41) is 13.4. The molecule has 0 saturated heterocycles. The van der Waals surface area contributed by atoms with Crippen molar-refractivity contribution in [2.45, 2.75) is 24.0 Å². The van der Waals surface area contributed by atoms with Gasteiger partial charge in [-0.2, -0.15) is 0 Å². The summed E-state index contributed by atoms with van der Waals surface area (Å²) in [7, 11) is 0. The lowest BCUT2D eigenvalue weighted by Crippen LogP contribution is -2.14. The second-order valence-electron chi connectivity index (χ2n) is 5.04. The molecule has 0 heterocycles. The summed E-state index contributed by atoms with van der Waals surface area (Å²) in [5.74, 6) is -1.23. The van der Waals surface area contributed by atoms with Crippen molar-refractivity contribution in [3.63, 3.8) is 0 Å². The Morgan fingerprint density at radius 2 is 1.96 bits per heavy atom. The van der Waals surface area contributed by atoms with E-state index in [2.05, 4.69) is 5.32 Å². The largest absolute Gasteiger partial charge is 0.319 e. The summed E-state index contributed by atoms with van der Waals surface area (Å²) in [6.07, 6.45) is 0. The number of non-ortho nitro benzene ring substituents is 1. The average Bonchev–Trinajstić information content (AvgIpc) is 2.49. The first-order valence-corrected chi connectivity index (χ1v) is 7.77. The van der Waals surface area contributed by atoms with Gasteiger partial charge in [0.05, 0.1) is 16.2 Å². The molecule has 1 N–H and O–H groups in total. The van der Waals surface area contributed by atoms with Crippen LogP contribution in [0.3, 0.4) is 0 Å². The zero-order chi connectivity index (χ0) is 17.0. The molecule has 7 heteroatoms. The number of carbonyl (C=O) groups is 1. The van der Waals surface area contributed by atoms with E-state index in [1.165, 1.54) is 11.8 Å². The van der Waals surface area contributed by atoms with Crippen molar-refractivity contribution >= 4 is 29.0 Å². The van der Waals surface area contributed by atoms with Crippen molar-refractivity contribution in [2.24, 2.45) is 0 Å². The Morgan fingerprint density at radius 3 is 2.61 bits per heavy atom. The van der Waals surface area contributed by atoms with Gasteiger partial charge in [0.1, 0.15) is 5.82 Å². The van der Waals surface area contributed by atoms with E-state index in [0.717, 1.165) is 23.1 Å². The molecule has 0 atom stereocenters. The molecular weight excluding hydrogens is 319 g/mol. The van der Waals surface area contributed by atoms with Crippen LogP contribution >= 0.6 is 11.8 Å². The van der Waals surface area contributed by atoms with Gasteiger partial charge >= 0.3 is 0 Å². The molecule has 0 fully saturated rings. The number of carbonyl (C=O) groups excluding carboxylic acids is 1. The minimum absolute atomic E-state index is 0.214.